The Morgan fingerprint density at radius 2 is 1.57 bits per heavy atom. The molecule has 5 nitrogen and oxygen atoms in total. The van der Waals surface area contributed by atoms with Gasteiger partial charge in [0.1, 0.15) is 11.9 Å². The van der Waals surface area contributed by atoms with Gasteiger partial charge in [0, 0.05) is 7.05 Å². The van der Waals surface area contributed by atoms with Gasteiger partial charge < -0.3 is 4.90 Å². The molecule has 0 radical (unpaired) electrons. The smallest absolute Gasteiger partial charge is 0.266 e. The quantitative estimate of drug-likeness (QED) is 0.410. The molecule has 1 unspecified atom stereocenters. The summed E-state index contributed by atoms with van der Waals surface area (Å²) in [6.07, 6.45) is 0. The van der Waals surface area contributed by atoms with E-state index in [4.69, 9.17) is 4.98 Å². The van der Waals surface area contributed by atoms with Crippen LogP contribution in [0.5, 0.6) is 0 Å². The molecule has 148 valence electrons. The van der Waals surface area contributed by atoms with Crippen molar-refractivity contribution in [2.45, 2.75) is 10.9 Å². The Kier molecular flexibility index (Phi) is 4.51. The van der Waals surface area contributed by atoms with E-state index in [0.717, 1.165) is 5.56 Å². The van der Waals surface area contributed by atoms with Crippen LogP contribution in [0.1, 0.15) is 32.6 Å². The van der Waals surface area contributed by atoms with Crippen LogP contribution < -0.4 is 5.56 Å². The van der Waals surface area contributed by atoms with Gasteiger partial charge in [0.25, 0.3) is 11.5 Å². The number of likely N-dealkylation sites (N-methyl/N-ethyl adjacent to an activating group) is 1. The van der Waals surface area contributed by atoms with E-state index in [-0.39, 0.29) is 16.3 Å². The molecule has 30 heavy (non-hydrogen) atoms. The monoisotopic (exact) mass is 459 g/mol. The third kappa shape index (κ3) is 2.79. The Balaban J connectivity index is 1.87. The maximum Gasteiger partial charge on any atom is 0.266 e. The van der Waals surface area contributed by atoms with Crippen LogP contribution in [0.3, 0.4) is 0 Å². The highest BCUT2D eigenvalue weighted by Crippen LogP contribution is 2.42. The molecule has 4 aromatic rings. The number of nitrogens with zero attached hydrogens (tertiary/aromatic N) is 3. The molecule has 3 aromatic carbocycles. The summed E-state index contributed by atoms with van der Waals surface area (Å²) in [7, 11) is 1.76. The van der Waals surface area contributed by atoms with Crippen LogP contribution in [0, 0.1) is 0 Å². The Bertz CT molecular complexity index is 1330. The van der Waals surface area contributed by atoms with E-state index in [0.29, 0.717) is 28.0 Å². The fourth-order valence-corrected chi connectivity index (χ4v) is 4.96. The van der Waals surface area contributed by atoms with Crippen LogP contribution in [-0.2, 0) is 0 Å². The van der Waals surface area contributed by atoms with Gasteiger partial charge in [-0.2, -0.15) is 0 Å². The standard InChI is InChI=1S/C24H18BrN3O2/c1-27-21(20(25)15-9-3-2-4-10-15)22-26-18-13-7-5-11-16(18)24(30)28(22)19-14-8-6-12-17(19)23(27)29/h2-14,20-21H,1H3/t20?,21-/m0/s1. The number of benzene rings is 3. The molecule has 0 spiro atoms. The van der Waals surface area contributed by atoms with Crippen LogP contribution >= 0.6 is 15.9 Å². The maximum atomic E-state index is 13.6. The van der Waals surface area contributed by atoms with Gasteiger partial charge in [-0.15, -0.1) is 0 Å². The third-order valence-corrected chi connectivity index (χ3v) is 6.60. The summed E-state index contributed by atoms with van der Waals surface area (Å²) in [5.41, 5.74) is 2.48. The molecule has 1 aliphatic rings. The van der Waals surface area contributed by atoms with E-state index in [2.05, 4.69) is 15.9 Å². The lowest BCUT2D eigenvalue weighted by atomic mass is 10.0. The topological polar surface area (TPSA) is 55.2 Å². The zero-order chi connectivity index (χ0) is 20.8. The molecule has 1 amide bonds. The summed E-state index contributed by atoms with van der Waals surface area (Å²) in [5, 5.41) is 0.526. The number of aromatic nitrogens is 2. The van der Waals surface area contributed by atoms with Gasteiger partial charge in [-0.05, 0) is 29.8 Å². The Morgan fingerprint density at radius 3 is 2.37 bits per heavy atom. The largest absolute Gasteiger partial charge is 0.330 e. The minimum absolute atomic E-state index is 0.148. The number of carbonyl (C=O) groups is 1. The SMILES string of the molecule is CN1C(=O)c2ccccc2-n2c(nc3ccccc3c2=O)[C@@H]1C(Br)c1ccccc1. The third-order valence-electron chi connectivity index (χ3n) is 5.57. The summed E-state index contributed by atoms with van der Waals surface area (Å²) in [5.74, 6) is 0.384. The van der Waals surface area contributed by atoms with Crippen LogP contribution in [0.25, 0.3) is 16.6 Å². The first-order valence-electron chi connectivity index (χ1n) is 9.65. The van der Waals surface area contributed by atoms with Gasteiger partial charge in [-0.1, -0.05) is 70.5 Å². The first-order valence-corrected chi connectivity index (χ1v) is 10.6. The van der Waals surface area contributed by atoms with Gasteiger partial charge in [0.15, 0.2) is 0 Å². The van der Waals surface area contributed by atoms with Crippen LogP contribution in [0.4, 0.5) is 0 Å². The molecule has 0 aliphatic carbocycles. The fraction of sp³-hybridized carbons (Fsp3) is 0.125. The molecule has 0 bridgehead atoms. The van der Waals surface area contributed by atoms with Crippen molar-refractivity contribution >= 4 is 32.7 Å². The molecular formula is C24H18BrN3O2. The van der Waals surface area contributed by atoms with E-state index in [1.54, 1.807) is 34.7 Å². The summed E-state index contributed by atoms with van der Waals surface area (Å²) >= 11 is 3.80. The first kappa shape index (κ1) is 18.8. The number of para-hydroxylation sites is 2. The van der Waals surface area contributed by atoms with Crippen molar-refractivity contribution in [2.75, 3.05) is 7.05 Å². The summed E-state index contributed by atoms with van der Waals surface area (Å²) < 4.78 is 1.60. The highest BCUT2D eigenvalue weighted by molar-refractivity contribution is 9.09. The van der Waals surface area contributed by atoms with Crippen molar-refractivity contribution in [1.29, 1.82) is 0 Å². The van der Waals surface area contributed by atoms with Crippen molar-refractivity contribution in [2.24, 2.45) is 0 Å². The van der Waals surface area contributed by atoms with Gasteiger partial charge in [-0.25, -0.2) is 4.98 Å². The lowest BCUT2D eigenvalue weighted by molar-refractivity contribution is 0.0728. The molecule has 0 N–H and O–H groups in total. The molecular weight excluding hydrogens is 442 g/mol. The highest BCUT2D eigenvalue weighted by atomic mass is 79.9. The Morgan fingerprint density at radius 1 is 0.900 bits per heavy atom. The highest BCUT2D eigenvalue weighted by Gasteiger charge is 2.38. The molecule has 2 atom stereocenters. The van der Waals surface area contributed by atoms with Gasteiger partial charge in [0.2, 0.25) is 0 Å². The minimum Gasteiger partial charge on any atom is -0.330 e. The molecule has 1 aliphatic heterocycles. The molecule has 2 heterocycles. The minimum atomic E-state index is -0.482. The number of hydrogen-bond acceptors (Lipinski definition) is 3. The lowest BCUT2D eigenvalue weighted by Crippen LogP contribution is -2.34. The summed E-state index contributed by atoms with van der Waals surface area (Å²) in [6.45, 7) is 0. The van der Waals surface area contributed by atoms with Crippen molar-refractivity contribution in [3.05, 3.63) is 106 Å². The predicted octanol–water partition coefficient (Wildman–Crippen LogP) is 4.65. The van der Waals surface area contributed by atoms with E-state index >= 15 is 0 Å². The van der Waals surface area contributed by atoms with Crippen molar-refractivity contribution in [1.82, 2.24) is 14.5 Å². The van der Waals surface area contributed by atoms with Crippen LogP contribution in [0.2, 0.25) is 0 Å². The average molecular weight is 460 g/mol. The number of fused-ring (bicyclic) bond motifs is 4. The summed E-state index contributed by atoms with van der Waals surface area (Å²) in [6, 6.07) is 23.9. The molecule has 0 saturated carbocycles. The molecule has 0 saturated heterocycles. The second-order valence-corrected chi connectivity index (χ2v) is 8.30. The number of halogens is 1. The molecule has 0 fully saturated rings. The summed E-state index contributed by atoms with van der Waals surface area (Å²) in [4.78, 5) is 33.3. The predicted molar refractivity (Wildman–Crippen MR) is 120 cm³/mol. The number of alkyl halides is 1. The van der Waals surface area contributed by atoms with E-state index in [9.17, 15) is 9.59 Å². The Hall–Kier alpha value is -3.25. The van der Waals surface area contributed by atoms with Crippen LogP contribution in [0.15, 0.2) is 83.7 Å². The second-order valence-electron chi connectivity index (χ2n) is 7.32. The zero-order valence-corrected chi connectivity index (χ0v) is 17.8. The van der Waals surface area contributed by atoms with Crippen LogP contribution in [-0.4, -0.2) is 27.4 Å². The van der Waals surface area contributed by atoms with Crippen molar-refractivity contribution in [3.63, 3.8) is 0 Å². The van der Waals surface area contributed by atoms with Crippen molar-refractivity contribution in [3.8, 4) is 5.69 Å². The van der Waals surface area contributed by atoms with E-state index < -0.39 is 6.04 Å². The fourth-order valence-electron chi connectivity index (χ4n) is 4.07. The maximum absolute atomic E-state index is 13.6. The van der Waals surface area contributed by atoms with Gasteiger partial charge in [0.05, 0.1) is 27.0 Å². The van der Waals surface area contributed by atoms with E-state index in [1.165, 1.54) is 0 Å². The molecule has 6 heteroatoms. The number of rotatable bonds is 2. The lowest BCUT2D eigenvalue weighted by Gasteiger charge is -2.30. The average Bonchev–Trinajstić information content (AvgIpc) is 2.88. The van der Waals surface area contributed by atoms with Crippen molar-refractivity contribution < 1.29 is 4.79 Å². The zero-order valence-electron chi connectivity index (χ0n) is 16.2. The molecule has 1 aromatic heterocycles. The number of hydrogen-bond donors (Lipinski definition) is 0. The number of carbonyl (C=O) groups excluding carboxylic acids is 1. The number of amides is 1. The second kappa shape index (κ2) is 7.22. The van der Waals surface area contributed by atoms with Gasteiger partial charge >= 0.3 is 0 Å². The van der Waals surface area contributed by atoms with Gasteiger partial charge in [-0.3, -0.25) is 14.2 Å². The van der Waals surface area contributed by atoms with E-state index in [1.807, 2.05) is 60.7 Å². The molecule has 5 rings (SSSR count). The normalized spacial score (nSPS) is 16.7. The first-order chi connectivity index (χ1) is 14.6. The Labute approximate surface area is 181 Å².